The van der Waals surface area contributed by atoms with Gasteiger partial charge in [-0.15, -0.1) is 0 Å². The number of sulfonamides is 1. The van der Waals surface area contributed by atoms with Crippen LogP contribution in [0.15, 0.2) is 41.6 Å². The van der Waals surface area contributed by atoms with Crippen molar-refractivity contribution in [1.29, 1.82) is 0 Å². The number of rotatable bonds is 7. The van der Waals surface area contributed by atoms with Gasteiger partial charge in [0.2, 0.25) is 10.0 Å². The standard InChI is InChI=1S/C17H24N4O4S/c1-24-10-9-20-13-14(11-19-20)26(22,23)21-8-7-18-12-16(21)15-5-3-4-6-17(15)25-2/h3-6,11,13,16,18H,7-10,12H2,1-2H3. The maximum absolute atomic E-state index is 13.2. The molecule has 1 N–H and O–H groups in total. The lowest BCUT2D eigenvalue weighted by Gasteiger charge is -2.35. The third kappa shape index (κ3) is 3.75. The predicted molar refractivity (Wildman–Crippen MR) is 96.6 cm³/mol. The first-order chi connectivity index (χ1) is 12.6. The summed E-state index contributed by atoms with van der Waals surface area (Å²) in [6, 6.07) is 7.17. The van der Waals surface area contributed by atoms with E-state index in [2.05, 4.69) is 10.4 Å². The number of piperazine rings is 1. The minimum absolute atomic E-state index is 0.190. The van der Waals surface area contributed by atoms with E-state index in [4.69, 9.17) is 9.47 Å². The first kappa shape index (κ1) is 18.8. The number of methoxy groups -OCH3 is 2. The molecule has 1 aliphatic heterocycles. The monoisotopic (exact) mass is 380 g/mol. The molecule has 0 bridgehead atoms. The number of benzene rings is 1. The van der Waals surface area contributed by atoms with Gasteiger partial charge in [-0.05, 0) is 6.07 Å². The molecule has 9 heteroatoms. The van der Waals surface area contributed by atoms with Crippen LogP contribution in [-0.4, -0.2) is 63.0 Å². The second-order valence-electron chi connectivity index (χ2n) is 6.01. The van der Waals surface area contributed by atoms with Gasteiger partial charge in [0.05, 0.1) is 32.5 Å². The van der Waals surface area contributed by atoms with Crippen LogP contribution in [0.25, 0.3) is 0 Å². The van der Waals surface area contributed by atoms with Crippen molar-refractivity contribution < 1.29 is 17.9 Å². The summed E-state index contributed by atoms with van der Waals surface area (Å²) in [4.78, 5) is 0.190. The molecule has 2 aromatic rings. The summed E-state index contributed by atoms with van der Waals surface area (Å²) < 4.78 is 40.0. The van der Waals surface area contributed by atoms with E-state index in [1.165, 1.54) is 10.5 Å². The molecular formula is C17H24N4O4S. The Balaban J connectivity index is 1.92. The van der Waals surface area contributed by atoms with E-state index in [0.717, 1.165) is 5.56 Å². The summed E-state index contributed by atoms with van der Waals surface area (Å²) in [6.45, 7) is 2.48. The minimum Gasteiger partial charge on any atom is -0.496 e. The third-order valence-corrected chi connectivity index (χ3v) is 6.29. The number of hydrogen-bond donors (Lipinski definition) is 1. The molecule has 1 aromatic heterocycles. The first-order valence-corrected chi connectivity index (χ1v) is 9.89. The Bertz CT molecular complexity index is 837. The van der Waals surface area contributed by atoms with E-state index in [1.54, 1.807) is 25.1 Å². The summed E-state index contributed by atoms with van der Waals surface area (Å²) in [5, 5.41) is 7.41. The Hall–Kier alpha value is -1.94. The number of nitrogens with zero attached hydrogens (tertiary/aromatic N) is 3. The molecule has 0 saturated carbocycles. The Morgan fingerprint density at radius 2 is 2.12 bits per heavy atom. The highest BCUT2D eigenvalue weighted by Crippen LogP contribution is 2.33. The van der Waals surface area contributed by atoms with E-state index in [-0.39, 0.29) is 10.9 Å². The molecule has 1 aliphatic rings. The Morgan fingerprint density at radius 3 is 2.88 bits per heavy atom. The predicted octanol–water partition coefficient (Wildman–Crippen LogP) is 0.873. The molecule has 26 heavy (non-hydrogen) atoms. The van der Waals surface area contributed by atoms with Crippen molar-refractivity contribution in [2.45, 2.75) is 17.5 Å². The van der Waals surface area contributed by atoms with Crippen LogP contribution in [0.3, 0.4) is 0 Å². The van der Waals surface area contributed by atoms with E-state index in [0.29, 0.717) is 38.5 Å². The van der Waals surface area contributed by atoms with Crippen molar-refractivity contribution in [3.05, 3.63) is 42.2 Å². The third-order valence-electron chi connectivity index (χ3n) is 4.43. The van der Waals surface area contributed by atoms with Crippen LogP contribution in [0.2, 0.25) is 0 Å². The zero-order chi connectivity index (χ0) is 18.6. The zero-order valence-electron chi connectivity index (χ0n) is 15.0. The highest BCUT2D eigenvalue weighted by molar-refractivity contribution is 7.89. The first-order valence-electron chi connectivity index (χ1n) is 8.45. The van der Waals surface area contributed by atoms with E-state index in [9.17, 15) is 8.42 Å². The smallest absolute Gasteiger partial charge is 0.246 e. The molecule has 1 aromatic carbocycles. The highest BCUT2D eigenvalue weighted by atomic mass is 32.2. The largest absolute Gasteiger partial charge is 0.496 e. The summed E-state index contributed by atoms with van der Waals surface area (Å²) >= 11 is 0. The van der Waals surface area contributed by atoms with Crippen LogP contribution in [0.1, 0.15) is 11.6 Å². The second-order valence-corrected chi connectivity index (χ2v) is 7.90. The molecule has 0 aliphatic carbocycles. The van der Waals surface area contributed by atoms with Crippen LogP contribution in [0.4, 0.5) is 0 Å². The van der Waals surface area contributed by atoms with Crippen LogP contribution in [0.5, 0.6) is 5.75 Å². The quantitative estimate of drug-likeness (QED) is 0.767. The Labute approximate surface area is 153 Å². The molecule has 0 radical (unpaired) electrons. The summed E-state index contributed by atoms with van der Waals surface area (Å²) in [6.07, 6.45) is 2.95. The van der Waals surface area contributed by atoms with Crippen molar-refractivity contribution in [1.82, 2.24) is 19.4 Å². The Morgan fingerprint density at radius 1 is 1.31 bits per heavy atom. The average molecular weight is 380 g/mol. The van der Waals surface area contributed by atoms with Gasteiger partial charge in [0.1, 0.15) is 10.6 Å². The molecular weight excluding hydrogens is 356 g/mol. The van der Waals surface area contributed by atoms with Gasteiger partial charge in [-0.1, -0.05) is 18.2 Å². The SMILES string of the molecule is COCCn1cc(S(=O)(=O)N2CCNCC2c2ccccc2OC)cn1. The summed E-state index contributed by atoms with van der Waals surface area (Å²) in [5.74, 6) is 0.678. The second kappa shape index (κ2) is 8.17. The lowest BCUT2D eigenvalue weighted by Crippen LogP contribution is -2.48. The zero-order valence-corrected chi connectivity index (χ0v) is 15.8. The molecule has 142 valence electrons. The van der Waals surface area contributed by atoms with Gasteiger partial charge < -0.3 is 14.8 Å². The molecule has 3 rings (SSSR count). The van der Waals surface area contributed by atoms with Gasteiger partial charge >= 0.3 is 0 Å². The normalized spacial score (nSPS) is 18.8. The van der Waals surface area contributed by atoms with Crippen molar-refractivity contribution >= 4 is 10.0 Å². The minimum atomic E-state index is -3.67. The number of aromatic nitrogens is 2. The fraction of sp³-hybridized carbons (Fsp3) is 0.471. The molecule has 0 amide bonds. The summed E-state index contributed by atoms with van der Waals surface area (Å²) in [5.41, 5.74) is 0.845. The van der Waals surface area contributed by atoms with Gasteiger partial charge in [0.15, 0.2) is 0 Å². The number of nitrogens with one attached hydrogen (secondary N) is 1. The number of ether oxygens (including phenoxy) is 2. The molecule has 0 spiro atoms. The van der Waals surface area contributed by atoms with Crippen molar-refractivity contribution in [3.8, 4) is 5.75 Å². The average Bonchev–Trinajstić information content (AvgIpc) is 3.16. The Kier molecular flexibility index (Phi) is 5.92. The van der Waals surface area contributed by atoms with Crippen molar-refractivity contribution in [3.63, 3.8) is 0 Å². The van der Waals surface area contributed by atoms with Gasteiger partial charge in [-0.3, -0.25) is 4.68 Å². The van der Waals surface area contributed by atoms with Crippen molar-refractivity contribution in [2.24, 2.45) is 0 Å². The molecule has 1 fully saturated rings. The van der Waals surface area contributed by atoms with Crippen LogP contribution < -0.4 is 10.1 Å². The fourth-order valence-corrected chi connectivity index (χ4v) is 4.66. The van der Waals surface area contributed by atoms with Gasteiger partial charge in [-0.2, -0.15) is 9.40 Å². The molecule has 1 unspecified atom stereocenters. The summed E-state index contributed by atoms with van der Waals surface area (Å²) in [7, 11) is -0.487. The topological polar surface area (TPSA) is 85.7 Å². The van der Waals surface area contributed by atoms with E-state index in [1.807, 2.05) is 24.3 Å². The maximum atomic E-state index is 13.2. The fourth-order valence-electron chi connectivity index (χ4n) is 3.10. The van der Waals surface area contributed by atoms with Gasteiger partial charge in [0.25, 0.3) is 0 Å². The molecule has 1 saturated heterocycles. The van der Waals surface area contributed by atoms with Crippen molar-refractivity contribution in [2.75, 3.05) is 40.5 Å². The van der Waals surface area contributed by atoms with Gasteiger partial charge in [0, 0.05) is 38.5 Å². The molecule has 8 nitrogen and oxygen atoms in total. The van der Waals surface area contributed by atoms with E-state index >= 15 is 0 Å². The van der Waals surface area contributed by atoms with Crippen LogP contribution in [0, 0.1) is 0 Å². The molecule has 2 heterocycles. The van der Waals surface area contributed by atoms with Gasteiger partial charge in [-0.25, -0.2) is 8.42 Å². The number of hydrogen-bond acceptors (Lipinski definition) is 6. The lowest BCUT2D eigenvalue weighted by atomic mass is 10.0. The highest BCUT2D eigenvalue weighted by Gasteiger charge is 2.36. The molecule has 1 atom stereocenters. The number of para-hydroxylation sites is 1. The van der Waals surface area contributed by atoms with E-state index < -0.39 is 10.0 Å². The van der Waals surface area contributed by atoms with Crippen LogP contribution >= 0.6 is 0 Å². The van der Waals surface area contributed by atoms with Crippen LogP contribution in [-0.2, 0) is 21.3 Å². The lowest BCUT2D eigenvalue weighted by molar-refractivity contribution is 0.183. The maximum Gasteiger partial charge on any atom is 0.246 e.